The van der Waals surface area contributed by atoms with Crippen molar-refractivity contribution in [3.63, 3.8) is 0 Å². The first-order valence-electron chi connectivity index (χ1n) is 13.8. The van der Waals surface area contributed by atoms with Crippen molar-refractivity contribution in [1.29, 1.82) is 0 Å². The van der Waals surface area contributed by atoms with E-state index < -0.39 is 11.6 Å². The molecule has 1 heterocycles. The van der Waals surface area contributed by atoms with Crippen LogP contribution < -0.4 is 20.3 Å². The molecule has 0 spiro atoms. The van der Waals surface area contributed by atoms with Crippen molar-refractivity contribution >= 4 is 11.8 Å². The van der Waals surface area contributed by atoms with Crippen LogP contribution in [-0.4, -0.2) is 48.8 Å². The summed E-state index contributed by atoms with van der Waals surface area (Å²) in [4.78, 5) is 22.1. The Morgan fingerprint density at radius 1 is 1.12 bits per heavy atom. The highest BCUT2D eigenvalue weighted by molar-refractivity contribution is 6.01. The van der Waals surface area contributed by atoms with Gasteiger partial charge in [-0.25, -0.2) is 10.4 Å². The first kappa shape index (κ1) is 30.4. The number of carbonyl (C=O) groups is 1. The number of methoxy groups -OCH3 is 1. The number of hydrogen-bond acceptors (Lipinski definition) is 8. The highest BCUT2D eigenvalue weighted by Gasteiger charge is 2.53. The lowest BCUT2D eigenvalue weighted by molar-refractivity contribution is -0.130. The Labute approximate surface area is 245 Å². The monoisotopic (exact) mass is 572 g/mol. The first-order valence-corrected chi connectivity index (χ1v) is 13.8. The molecule has 0 saturated carbocycles. The largest absolute Gasteiger partial charge is 0.497 e. The van der Waals surface area contributed by atoms with Crippen molar-refractivity contribution in [2.75, 3.05) is 20.3 Å². The van der Waals surface area contributed by atoms with Gasteiger partial charge in [0, 0.05) is 36.0 Å². The normalized spacial score (nSPS) is 17.6. The average molecular weight is 573 g/mol. The summed E-state index contributed by atoms with van der Waals surface area (Å²) < 4.78 is 17.7. The second-order valence-corrected chi connectivity index (χ2v) is 10.2. The molecule has 3 aromatic rings. The Hall–Kier alpha value is -4.57. The molecule has 0 radical (unpaired) electrons. The molecular weight excluding hydrogens is 536 g/mol. The number of rotatable bonds is 14. The van der Waals surface area contributed by atoms with Crippen LogP contribution in [0.3, 0.4) is 0 Å². The molecule has 0 unspecified atom stereocenters. The van der Waals surface area contributed by atoms with E-state index in [1.165, 1.54) is 0 Å². The molecule has 4 rings (SSSR count). The second kappa shape index (κ2) is 14.4. The number of hydrogen-bond donors (Lipinski definition) is 3. The van der Waals surface area contributed by atoms with E-state index in [1.807, 2.05) is 74.5 Å². The minimum Gasteiger partial charge on any atom is -0.497 e. The van der Waals surface area contributed by atoms with E-state index in [0.29, 0.717) is 41.6 Å². The summed E-state index contributed by atoms with van der Waals surface area (Å²) in [5, 5.41) is 12.8. The van der Waals surface area contributed by atoms with Crippen molar-refractivity contribution in [2.45, 2.75) is 50.9 Å². The van der Waals surface area contributed by atoms with Crippen molar-refractivity contribution in [3.05, 3.63) is 105 Å². The van der Waals surface area contributed by atoms with Gasteiger partial charge < -0.3 is 19.3 Å². The Bertz CT molecular complexity index is 1440. The van der Waals surface area contributed by atoms with E-state index in [0.717, 1.165) is 11.1 Å². The minimum absolute atomic E-state index is 0.0253. The number of hydrazine groups is 1. The maximum Gasteiger partial charge on any atom is 0.266 e. The standard InChI is InChI=1S/C31H36N6O5/c1-21(2)35-36-30(39)31(19-24-8-4-5-9-25(24)20-33-37-32)28(23-10-6-11-27(18-23)40-3)42-29(34-31)22-12-14-26(15-13-22)41-17-7-16-38/h4-6,8-15,18,21,28,35,38H,7,16-17,19-20H2,1-3H3,(H,36,39)/t28-,31-/m0/s1. The number of benzene rings is 3. The van der Waals surface area contributed by atoms with Crippen molar-refractivity contribution in [1.82, 2.24) is 10.9 Å². The zero-order valence-corrected chi connectivity index (χ0v) is 24.0. The number of nitrogens with zero attached hydrogens (tertiary/aromatic N) is 4. The third kappa shape index (κ3) is 7.19. The van der Waals surface area contributed by atoms with Gasteiger partial charge in [-0.2, -0.15) is 0 Å². The van der Waals surface area contributed by atoms with Crippen LogP contribution in [0.5, 0.6) is 11.5 Å². The quantitative estimate of drug-likeness (QED) is 0.0831. The molecule has 0 fully saturated rings. The fourth-order valence-corrected chi connectivity index (χ4v) is 4.69. The van der Waals surface area contributed by atoms with Crippen LogP contribution in [0.1, 0.15) is 48.6 Å². The lowest BCUT2D eigenvalue weighted by Gasteiger charge is -2.31. The number of ether oxygens (including phenoxy) is 3. The summed E-state index contributed by atoms with van der Waals surface area (Å²) in [5.74, 6) is 1.19. The van der Waals surface area contributed by atoms with Gasteiger partial charge in [0.2, 0.25) is 5.90 Å². The van der Waals surface area contributed by atoms with Crippen LogP contribution in [0.2, 0.25) is 0 Å². The van der Waals surface area contributed by atoms with E-state index in [4.69, 9.17) is 29.8 Å². The average Bonchev–Trinajstić information content (AvgIpc) is 3.40. The lowest BCUT2D eigenvalue weighted by Crippen LogP contribution is -2.55. The third-order valence-electron chi connectivity index (χ3n) is 6.78. The Kier molecular flexibility index (Phi) is 10.4. The summed E-state index contributed by atoms with van der Waals surface area (Å²) in [6.07, 6.45) is -0.114. The summed E-state index contributed by atoms with van der Waals surface area (Å²) in [6.45, 7) is 4.42. The van der Waals surface area contributed by atoms with Crippen LogP contribution in [0.15, 0.2) is 82.9 Å². The molecule has 0 saturated heterocycles. The van der Waals surface area contributed by atoms with E-state index in [2.05, 4.69) is 20.9 Å². The fraction of sp³-hybridized carbons (Fsp3) is 0.355. The second-order valence-electron chi connectivity index (χ2n) is 10.2. The predicted molar refractivity (Wildman–Crippen MR) is 159 cm³/mol. The molecule has 0 aliphatic carbocycles. The molecule has 2 atom stereocenters. The molecule has 3 aromatic carbocycles. The Morgan fingerprint density at radius 3 is 2.57 bits per heavy atom. The van der Waals surface area contributed by atoms with Gasteiger partial charge in [0.25, 0.3) is 5.91 Å². The fourth-order valence-electron chi connectivity index (χ4n) is 4.69. The van der Waals surface area contributed by atoms with Gasteiger partial charge in [-0.15, -0.1) is 0 Å². The molecule has 0 aromatic heterocycles. The molecule has 42 heavy (non-hydrogen) atoms. The van der Waals surface area contributed by atoms with Crippen LogP contribution in [0.4, 0.5) is 0 Å². The van der Waals surface area contributed by atoms with Gasteiger partial charge in [-0.05, 0) is 72.5 Å². The maximum absolute atomic E-state index is 14.2. The number of carbonyl (C=O) groups excluding carboxylic acids is 1. The van der Waals surface area contributed by atoms with E-state index >= 15 is 0 Å². The van der Waals surface area contributed by atoms with Crippen LogP contribution in [0, 0.1) is 0 Å². The van der Waals surface area contributed by atoms with Crippen LogP contribution in [0.25, 0.3) is 10.4 Å². The molecule has 1 aliphatic heterocycles. The van der Waals surface area contributed by atoms with Gasteiger partial charge in [0.05, 0.1) is 20.3 Å². The molecule has 0 bridgehead atoms. The summed E-state index contributed by atoms with van der Waals surface area (Å²) in [7, 11) is 1.58. The van der Waals surface area contributed by atoms with E-state index in [1.54, 1.807) is 19.2 Å². The molecule has 1 amide bonds. The van der Waals surface area contributed by atoms with Gasteiger partial charge in [-0.3, -0.25) is 10.2 Å². The third-order valence-corrected chi connectivity index (χ3v) is 6.78. The zero-order chi connectivity index (χ0) is 30.0. The van der Waals surface area contributed by atoms with Crippen molar-refractivity contribution in [2.24, 2.45) is 10.1 Å². The highest BCUT2D eigenvalue weighted by atomic mass is 16.5. The lowest BCUT2D eigenvalue weighted by atomic mass is 9.81. The molecule has 1 aliphatic rings. The zero-order valence-electron chi connectivity index (χ0n) is 24.0. The number of amides is 1. The molecular formula is C31H36N6O5. The summed E-state index contributed by atoms with van der Waals surface area (Å²) in [5.41, 5.74) is 16.4. The first-order chi connectivity index (χ1) is 20.4. The maximum atomic E-state index is 14.2. The summed E-state index contributed by atoms with van der Waals surface area (Å²) in [6, 6.07) is 22.1. The SMILES string of the molecule is COc1cccc([C@@H]2OC(c3ccc(OCCCO)cc3)=N[C@]2(Cc2ccccc2CN=[N+]=[N-])C(=O)NNC(C)C)c1. The van der Waals surface area contributed by atoms with Gasteiger partial charge in [0.15, 0.2) is 11.6 Å². The Morgan fingerprint density at radius 2 is 1.88 bits per heavy atom. The molecule has 11 heteroatoms. The molecule has 3 N–H and O–H groups in total. The summed E-state index contributed by atoms with van der Waals surface area (Å²) >= 11 is 0. The van der Waals surface area contributed by atoms with Gasteiger partial charge in [-0.1, -0.05) is 41.5 Å². The number of aliphatic hydroxyl groups excluding tert-OH is 1. The van der Waals surface area contributed by atoms with Gasteiger partial charge >= 0.3 is 0 Å². The topological polar surface area (TPSA) is 150 Å². The number of aliphatic hydroxyl groups is 1. The smallest absolute Gasteiger partial charge is 0.266 e. The number of azide groups is 1. The van der Waals surface area contributed by atoms with Crippen LogP contribution >= 0.6 is 0 Å². The van der Waals surface area contributed by atoms with E-state index in [9.17, 15) is 4.79 Å². The molecule has 220 valence electrons. The van der Waals surface area contributed by atoms with E-state index in [-0.39, 0.29) is 31.5 Å². The predicted octanol–water partition coefficient (Wildman–Crippen LogP) is 4.80. The minimum atomic E-state index is -1.44. The van der Waals surface area contributed by atoms with Crippen molar-refractivity contribution < 1.29 is 24.1 Å². The Balaban J connectivity index is 1.83. The number of nitrogens with one attached hydrogen (secondary N) is 2. The number of aliphatic imine (C=N–C) groups is 1. The molecule has 11 nitrogen and oxygen atoms in total. The van der Waals surface area contributed by atoms with Gasteiger partial charge in [0.1, 0.15) is 11.5 Å². The van der Waals surface area contributed by atoms with Crippen molar-refractivity contribution in [3.8, 4) is 11.5 Å². The highest BCUT2D eigenvalue weighted by Crippen LogP contribution is 2.43. The van der Waals surface area contributed by atoms with Crippen LogP contribution in [-0.2, 0) is 22.5 Å².